The predicted octanol–water partition coefficient (Wildman–Crippen LogP) is -0.367. The predicted molar refractivity (Wildman–Crippen MR) is 75.3 cm³/mol. The van der Waals surface area contributed by atoms with Crippen molar-refractivity contribution < 1.29 is 16.8 Å². The van der Waals surface area contributed by atoms with Crippen LogP contribution in [0.1, 0.15) is 0 Å². The summed E-state index contributed by atoms with van der Waals surface area (Å²) in [7, 11) is -6.50. The number of anilines is 2. The van der Waals surface area contributed by atoms with Crippen LogP contribution >= 0.6 is 0 Å². The van der Waals surface area contributed by atoms with Crippen LogP contribution < -0.4 is 15.8 Å². The summed E-state index contributed by atoms with van der Waals surface area (Å²) in [6, 6.07) is 4.35. The van der Waals surface area contributed by atoms with Crippen molar-refractivity contribution in [2.45, 2.75) is 4.90 Å². The van der Waals surface area contributed by atoms with Gasteiger partial charge in [-0.2, -0.15) is 0 Å². The fourth-order valence-corrected chi connectivity index (χ4v) is 2.50. The molecule has 0 radical (unpaired) electrons. The van der Waals surface area contributed by atoms with Crippen LogP contribution in [-0.2, 0) is 19.9 Å². The maximum atomic E-state index is 11.3. The van der Waals surface area contributed by atoms with Gasteiger partial charge in [0.2, 0.25) is 10.0 Å². The first-order valence-corrected chi connectivity index (χ1v) is 9.16. The average molecular weight is 307 g/mol. The lowest BCUT2D eigenvalue weighted by molar-refractivity contribution is 0.589. The normalized spacial score (nSPS) is 12.3. The monoisotopic (exact) mass is 307 g/mol. The lowest BCUT2D eigenvalue weighted by atomic mass is 10.2. The zero-order chi connectivity index (χ0) is 14.7. The molecule has 0 heterocycles. The number of hydrogen-bond acceptors (Lipinski definition) is 6. The standard InChI is InChI=1S/C10H17N3O4S2/c1-18(14,15)8-3-4-10(9(11)7-8)12-5-6-13-19(2,16)17/h3-4,7,12-13H,5-6,11H2,1-2H3. The van der Waals surface area contributed by atoms with Crippen molar-refractivity contribution in [3.63, 3.8) is 0 Å². The van der Waals surface area contributed by atoms with E-state index in [9.17, 15) is 16.8 Å². The molecule has 4 N–H and O–H groups in total. The first-order valence-electron chi connectivity index (χ1n) is 5.38. The number of benzene rings is 1. The molecule has 0 aromatic heterocycles. The van der Waals surface area contributed by atoms with Crippen LogP contribution in [0.5, 0.6) is 0 Å². The lowest BCUT2D eigenvalue weighted by Crippen LogP contribution is -2.27. The van der Waals surface area contributed by atoms with Crippen LogP contribution in [0.4, 0.5) is 11.4 Å². The van der Waals surface area contributed by atoms with E-state index in [2.05, 4.69) is 10.0 Å². The summed E-state index contributed by atoms with van der Waals surface area (Å²) in [5.74, 6) is 0. The van der Waals surface area contributed by atoms with Gasteiger partial charge in [0.25, 0.3) is 0 Å². The van der Waals surface area contributed by atoms with Crippen molar-refractivity contribution in [3.8, 4) is 0 Å². The number of sulfone groups is 1. The van der Waals surface area contributed by atoms with Gasteiger partial charge in [-0.25, -0.2) is 21.6 Å². The molecule has 0 bridgehead atoms. The zero-order valence-electron chi connectivity index (χ0n) is 10.7. The fraction of sp³-hybridized carbons (Fsp3) is 0.400. The summed E-state index contributed by atoms with van der Waals surface area (Å²) in [5, 5.41) is 2.92. The molecule has 0 spiro atoms. The quantitative estimate of drug-likeness (QED) is 0.487. The Kier molecular flexibility index (Phi) is 4.77. The maximum Gasteiger partial charge on any atom is 0.208 e. The molecule has 0 unspecified atom stereocenters. The Morgan fingerprint density at radius 1 is 1.11 bits per heavy atom. The second kappa shape index (κ2) is 5.76. The van der Waals surface area contributed by atoms with Gasteiger partial charge in [0.1, 0.15) is 0 Å². The van der Waals surface area contributed by atoms with Gasteiger partial charge in [0, 0.05) is 19.3 Å². The maximum absolute atomic E-state index is 11.3. The Balaban J connectivity index is 2.66. The average Bonchev–Trinajstić information content (AvgIpc) is 2.23. The van der Waals surface area contributed by atoms with E-state index in [1.807, 2.05) is 0 Å². The lowest BCUT2D eigenvalue weighted by Gasteiger charge is -2.10. The molecule has 0 amide bonds. The van der Waals surface area contributed by atoms with Crippen LogP contribution in [-0.4, -0.2) is 42.4 Å². The largest absolute Gasteiger partial charge is 0.397 e. The fourth-order valence-electron chi connectivity index (χ4n) is 1.37. The van der Waals surface area contributed by atoms with Crippen molar-refractivity contribution in [1.82, 2.24) is 4.72 Å². The van der Waals surface area contributed by atoms with Crippen LogP contribution in [0.3, 0.4) is 0 Å². The number of nitrogens with one attached hydrogen (secondary N) is 2. The molecule has 7 nitrogen and oxygen atoms in total. The molecule has 0 saturated heterocycles. The van der Waals surface area contributed by atoms with E-state index in [4.69, 9.17) is 5.73 Å². The molecule has 0 fully saturated rings. The highest BCUT2D eigenvalue weighted by Gasteiger charge is 2.09. The summed E-state index contributed by atoms with van der Waals surface area (Å²) in [4.78, 5) is 0.143. The molecule has 1 aromatic carbocycles. The van der Waals surface area contributed by atoms with Crippen molar-refractivity contribution in [2.24, 2.45) is 0 Å². The van der Waals surface area contributed by atoms with Gasteiger partial charge in [0.05, 0.1) is 22.5 Å². The molecule has 0 aliphatic carbocycles. The van der Waals surface area contributed by atoms with Crippen molar-refractivity contribution in [2.75, 3.05) is 36.7 Å². The van der Waals surface area contributed by atoms with E-state index in [0.717, 1.165) is 12.5 Å². The SMILES string of the molecule is CS(=O)(=O)NCCNc1ccc(S(C)(=O)=O)cc1N. The third-order valence-corrected chi connectivity index (χ3v) is 4.09. The Hall–Kier alpha value is -1.32. The highest BCUT2D eigenvalue weighted by atomic mass is 32.2. The number of hydrogen-bond donors (Lipinski definition) is 3. The molecule has 19 heavy (non-hydrogen) atoms. The van der Waals surface area contributed by atoms with E-state index in [1.54, 1.807) is 6.07 Å². The van der Waals surface area contributed by atoms with Gasteiger partial charge in [0.15, 0.2) is 9.84 Å². The molecule has 0 aliphatic rings. The Morgan fingerprint density at radius 3 is 2.21 bits per heavy atom. The second-order valence-corrected chi connectivity index (χ2v) is 7.96. The van der Waals surface area contributed by atoms with E-state index in [1.165, 1.54) is 12.1 Å². The molecule has 0 atom stereocenters. The van der Waals surface area contributed by atoms with Gasteiger partial charge < -0.3 is 11.1 Å². The van der Waals surface area contributed by atoms with E-state index in [-0.39, 0.29) is 11.4 Å². The number of nitrogens with two attached hydrogens (primary N) is 1. The summed E-state index contributed by atoms with van der Waals surface area (Å²) in [6.45, 7) is 0.557. The zero-order valence-corrected chi connectivity index (χ0v) is 12.3. The van der Waals surface area contributed by atoms with E-state index in [0.29, 0.717) is 17.9 Å². The van der Waals surface area contributed by atoms with E-state index >= 15 is 0 Å². The van der Waals surface area contributed by atoms with Crippen molar-refractivity contribution in [1.29, 1.82) is 0 Å². The van der Waals surface area contributed by atoms with Gasteiger partial charge in [-0.15, -0.1) is 0 Å². The first kappa shape index (κ1) is 15.7. The van der Waals surface area contributed by atoms with Crippen LogP contribution in [0, 0.1) is 0 Å². The minimum atomic E-state index is -3.29. The third kappa shape index (κ3) is 5.45. The van der Waals surface area contributed by atoms with E-state index < -0.39 is 19.9 Å². The summed E-state index contributed by atoms with van der Waals surface area (Å²) >= 11 is 0. The third-order valence-electron chi connectivity index (χ3n) is 2.26. The highest BCUT2D eigenvalue weighted by Crippen LogP contribution is 2.22. The van der Waals surface area contributed by atoms with Gasteiger partial charge >= 0.3 is 0 Å². The molecular weight excluding hydrogens is 290 g/mol. The molecular formula is C10H17N3O4S2. The van der Waals surface area contributed by atoms with Crippen molar-refractivity contribution >= 4 is 31.2 Å². The van der Waals surface area contributed by atoms with Gasteiger partial charge in [-0.05, 0) is 18.2 Å². The smallest absolute Gasteiger partial charge is 0.208 e. The topological polar surface area (TPSA) is 118 Å². The molecule has 1 rings (SSSR count). The Labute approximate surface area is 113 Å². The van der Waals surface area contributed by atoms with Crippen LogP contribution in [0.15, 0.2) is 23.1 Å². The first-order chi connectivity index (χ1) is 8.59. The van der Waals surface area contributed by atoms with Gasteiger partial charge in [-0.1, -0.05) is 0 Å². The number of rotatable bonds is 6. The Bertz CT molecular complexity index is 653. The summed E-state index contributed by atoms with van der Waals surface area (Å²) in [6.07, 6.45) is 2.17. The van der Waals surface area contributed by atoms with Crippen LogP contribution in [0.25, 0.3) is 0 Å². The highest BCUT2D eigenvalue weighted by molar-refractivity contribution is 7.90. The number of nitrogen functional groups attached to an aromatic ring is 1. The minimum Gasteiger partial charge on any atom is -0.397 e. The Morgan fingerprint density at radius 2 is 1.74 bits per heavy atom. The molecule has 9 heteroatoms. The van der Waals surface area contributed by atoms with Gasteiger partial charge in [-0.3, -0.25) is 0 Å². The second-order valence-electron chi connectivity index (χ2n) is 4.11. The molecule has 108 valence electrons. The molecule has 0 aliphatic heterocycles. The van der Waals surface area contributed by atoms with Crippen LogP contribution in [0.2, 0.25) is 0 Å². The van der Waals surface area contributed by atoms with Crippen molar-refractivity contribution in [3.05, 3.63) is 18.2 Å². The molecule has 0 saturated carbocycles. The number of sulfonamides is 1. The summed E-state index contributed by atoms with van der Waals surface area (Å²) in [5.41, 5.74) is 6.57. The minimum absolute atomic E-state index is 0.143. The summed E-state index contributed by atoms with van der Waals surface area (Å²) < 4.78 is 46.6. The molecule has 1 aromatic rings.